The molecule has 1 saturated heterocycles. The quantitative estimate of drug-likeness (QED) is 0.395. The fourth-order valence-electron chi connectivity index (χ4n) is 3.62. The molecule has 2 amide bonds. The Hall–Kier alpha value is -2.48. The summed E-state index contributed by atoms with van der Waals surface area (Å²) < 4.78 is 6.32. The molecular weight excluding hydrogens is 494 g/mol. The van der Waals surface area contributed by atoms with Crippen LogP contribution in [0.15, 0.2) is 58.7 Å². The van der Waals surface area contributed by atoms with Crippen molar-refractivity contribution in [3.05, 3.63) is 75.4 Å². The van der Waals surface area contributed by atoms with E-state index in [-0.39, 0.29) is 22.9 Å². The summed E-state index contributed by atoms with van der Waals surface area (Å²) in [6.07, 6.45) is 2.53. The molecule has 2 aromatic rings. The van der Waals surface area contributed by atoms with Crippen molar-refractivity contribution in [2.24, 2.45) is 0 Å². The van der Waals surface area contributed by atoms with E-state index >= 15 is 0 Å². The second-order valence-electron chi connectivity index (χ2n) is 9.45. The molecule has 0 saturated carbocycles. The van der Waals surface area contributed by atoms with E-state index in [1.54, 1.807) is 18.2 Å². The molecule has 182 valence electrons. The SMILES string of the molecule is CC(C)(C)c1ccc(C(=O)NC(=Cc2ccc(Br)cc2)C(=O)NCCCN2CCOCC2)cc1. The molecule has 34 heavy (non-hydrogen) atoms. The van der Waals surface area contributed by atoms with Crippen LogP contribution >= 0.6 is 15.9 Å². The van der Waals surface area contributed by atoms with Crippen molar-refractivity contribution in [1.29, 1.82) is 0 Å². The molecule has 1 fully saturated rings. The highest BCUT2D eigenvalue weighted by atomic mass is 79.9. The second-order valence-corrected chi connectivity index (χ2v) is 10.4. The third-order valence-corrected chi connectivity index (χ3v) is 6.26. The number of hydrogen-bond acceptors (Lipinski definition) is 4. The third-order valence-electron chi connectivity index (χ3n) is 5.73. The molecule has 3 rings (SSSR count). The van der Waals surface area contributed by atoms with Crippen LogP contribution in [-0.4, -0.2) is 56.1 Å². The molecule has 7 heteroatoms. The van der Waals surface area contributed by atoms with Crippen LogP contribution in [0.4, 0.5) is 0 Å². The maximum Gasteiger partial charge on any atom is 0.267 e. The first-order valence-corrected chi connectivity index (χ1v) is 12.5. The number of amides is 2. The summed E-state index contributed by atoms with van der Waals surface area (Å²) in [5.41, 5.74) is 2.70. The standard InChI is InChI=1S/C27H34BrN3O3/c1-27(2,3)22-9-7-21(8-10-22)25(32)30-24(19-20-5-11-23(28)12-6-20)26(33)29-13-4-14-31-15-17-34-18-16-31/h5-12,19H,4,13-18H2,1-3H3,(H,29,33)(H,30,32). The van der Waals surface area contributed by atoms with Crippen LogP contribution in [0, 0.1) is 0 Å². The van der Waals surface area contributed by atoms with Gasteiger partial charge in [-0.1, -0.05) is 61.0 Å². The van der Waals surface area contributed by atoms with Gasteiger partial charge in [0, 0.05) is 29.7 Å². The Morgan fingerprint density at radius 2 is 1.68 bits per heavy atom. The number of ether oxygens (including phenoxy) is 1. The molecule has 1 heterocycles. The molecule has 2 aromatic carbocycles. The van der Waals surface area contributed by atoms with Crippen molar-refractivity contribution in [2.45, 2.75) is 32.6 Å². The Morgan fingerprint density at radius 1 is 1.03 bits per heavy atom. The van der Waals surface area contributed by atoms with Gasteiger partial charge in [0.2, 0.25) is 0 Å². The fourth-order valence-corrected chi connectivity index (χ4v) is 3.89. The van der Waals surface area contributed by atoms with E-state index in [0.717, 1.165) is 54.9 Å². The van der Waals surface area contributed by atoms with Crippen molar-refractivity contribution in [2.75, 3.05) is 39.4 Å². The minimum Gasteiger partial charge on any atom is -0.379 e. The number of hydrogen-bond donors (Lipinski definition) is 2. The smallest absolute Gasteiger partial charge is 0.267 e. The molecule has 1 aliphatic rings. The topological polar surface area (TPSA) is 70.7 Å². The lowest BCUT2D eigenvalue weighted by Gasteiger charge is -2.26. The number of halogens is 1. The maximum absolute atomic E-state index is 13.0. The van der Waals surface area contributed by atoms with E-state index in [4.69, 9.17) is 4.74 Å². The van der Waals surface area contributed by atoms with Gasteiger partial charge in [0.25, 0.3) is 11.8 Å². The normalized spacial score (nSPS) is 15.1. The van der Waals surface area contributed by atoms with Gasteiger partial charge in [-0.2, -0.15) is 0 Å². The molecule has 0 bridgehead atoms. The number of carbonyl (C=O) groups is 2. The lowest BCUT2D eigenvalue weighted by atomic mass is 9.87. The van der Waals surface area contributed by atoms with Crippen molar-refractivity contribution in [1.82, 2.24) is 15.5 Å². The minimum absolute atomic E-state index is 0.00274. The number of nitrogens with one attached hydrogen (secondary N) is 2. The monoisotopic (exact) mass is 527 g/mol. The van der Waals surface area contributed by atoms with Crippen molar-refractivity contribution in [3.8, 4) is 0 Å². The number of carbonyl (C=O) groups excluding carboxylic acids is 2. The summed E-state index contributed by atoms with van der Waals surface area (Å²) in [4.78, 5) is 28.3. The predicted molar refractivity (Wildman–Crippen MR) is 140 cm³/mol. The highest BCUT2D eigenvalue weighted by molar-refractivity contribution is 9.10. The molecule has 2 N–H and O–H groups in total. The number of morpholine rings is 1. The molecule has 0 aliphatic carbocycles. The van der Waals surface area contributed by atoms with Crippen LogP contribution in [0.1, 0.15) is 48.7 Å². The zero-order valence-corrected chi connectivity index (χ0v) is 21.8. The molecule has 1 aliphatic heterocycles. The first kappa shape index (κ1) is 26.1. The number of nitrogens with zero attached hydrogens (tertiary/aromatic N) is 1. The Kier molecular flexibility index (Phi) is 9.45. The number of rotatable bonds is 8. The van der Waals surface area contributed by atoms with E-state index in [1.807, 2.05) is 36.4 Å². The van der Waals surface area contributed by atoms with Crippen LogP contribution in [0.3, 0.4) is 0 Å². The molecule has 0 spiro atoms. The Bertz CT molecular complexity index is 989. The minimum atomic E-state index is -0.313. The van der Waals surface area contributed by atoms with Gasteiger partial charge in [-0.3, -0.25) is 14.5 Å². The highest BCUT2D eigenvalue weighted by Gasteiger charge is 2.17. The summed E-state index contributed by atoms with van der Waals surface area (Å²) >= 11 is 3.42. The molecule has 0 atom stereocenters. The zero-order valence-electron chi connectivity index (χ0n) is 20.2. The summed E-state index contributed by atoms with van der Waals surface area (Å²) in [6, 6.07) is 15.1. The first-order valence-electron chi connectivity index (χ1n) is 11.7. The van der Waals surface area contributed by atoms with Crippen molar-refractivity contribution < 1.29 is 14.3 Å². The highest BCUT2D eigenvalue weighted by Crippen LogP contribution is 2.22. The van der Waals surface area contributed by atoms with Crippen LogP contribution in [0.5, 0.6) is 0 Å². The van der Waals surface area contributed by atoms with Crippen LogP contribution in [-0.2, 0) is 14.9 Å². The van der Waals surface area contributed by atoms with E-state index in [9.17, 15) is 9.59 Å². The van der Waals surface area contributed by atoms with E-state index in [0.29, 0.717) is 12.1 Å². The molecule has 0 unspecified atom stereocenters. The molecule has 0 radical (unpaired) electrons. The van der Waals surface area contributed by atoms with E-state index < -0.39 is 0 Å². The third kappa shape index (κ3) is 8.08. The Balaban J connectivity index is 1.66. The largest absolute Gasteiger partial charge is 0.379 e. The van der Waals surface area contributed by atoms with Gasteiger partial charge in [-0.05, 0) is 59.8 Å². The van der Waals surface area contributed by atoms with E-state index in [1.165, 1.54) is 0 Å². The lowest BCUT2D eigenvalue weighted by Crippen LogP contribution is -2.39. The predicted octanol–water partition coefficient (Wildman–Crippen LogP) is 4.36. The van der Waals surface area contributed by atoms with Gasteiger partial charge in [-0.25, -0.2) is 0 Å². The molecule has 0 aromatic heterocycles. The molecular formula is C27H34BrN3O3. The maximum atomic E-state index is 13.0. The Morgan fingerprint density at radius 3 is 2.29 bits per heavy atom. The van der Waals surface area contributed by atoms with Crippen molar-refractivity contribution >= 4 is 33.8 Å². The second kappa shape index (κ2) is 12.3. The van der Waals surface area contributed by atoms with Gasteiger partial charge >= 0.3 is 0 Å². The fraction of sp³-hybridized carbons (Fsp3) is 0.407. The van der Waals surface area contributed by atoms with Gasteiger partial charge in [0.15, 0.2) is 0 Å². The van der Waals surface area contributed by atoms with Gasteiger partial charge < -0.3 is 15.4 Å². The first-order chi connectivity index (χ1) is 16.2. The van der Waals surface area contributed by atoms with Crippen LogP contribution in [0.25, 0.3) is 6.08 Å². The van der Waals surface area contributed by atoms with Gasteiger partial charge in [0.05, 0.1) is 13.2 Å². The van der Waals surface area contributed by atoms with Crippen LogP contribution in [0.2, 0.25) is 0 Å². The Labute approximate surface area is 210 Å². The van der Waals surface area contributed by atoms with Gasteiger partial charge in [0.1, 0.15) is 5.70 Å². The summed E-state index contributed by atoms with van der Waals surface area (Å²) in [5.74, 6) is -0.614. The zero-order chi connectivity index (χ0) is 24.6. The summed E-state index contributed by atoms with van der Waals surface area (Å²) in [6.45, 7) is 11.2. The molecule has 6 nitrogen and oxygen atoms in total. The lowest BCUT2D eigenvalue weighted by molar-refractivity contribution is -0.117. The summed E-state index contributed by atoms with van der Waals surface area (Å²) in [7, 11) is 0. The van der Waals surface area contributed by atoms with Crippen LogP contribution < -0.4 is 10.6 Å². The summed E-state index contributed by atoms with van der Waals surface area (Å²) in [5, 5.41) is 5.77. The van der Waals surface area contributed by atoms with Crippen molar-refractivity contribution in [3.63, 3.8) is 0 Å². The average Bonchev–Trinajstić information content (AvgIpc) is 2.83. The number of benzene rings is 2. The average molecular weight is 528 g/mol. The van der Waals surface area contributed by atoms with E-state index in [2.05, 4.69) is 52.2 Å². The van der Waals surface area contributed by atoms with Gasteiger partial charge in [-0.15, -0.1) is 0 Å².